The van der Waals surface area contributed by atoms with Gasteiger partial charge in [-0.3, -0.25) is 0 Å². The van der Waals surface area contributed by atoms with Gasteiger partial charge in [0.15, 0.2) is 0 Å². The Balaban J connectivity index is 0.000000557. The number of primary amides is 1. The second kappa shape index (κ2) is 7.90. The van der Waals surface area contributed by atoms with Crippen LogP contribution in [0.5, 0.6) is 0 Å². The molecule has 1 amide bonds. The van der Waals surface area contributed by atoms with Crippen LogP contribution >= 0.6 is 12.2 Å². The van der Waals surface area contributed by atoms with Crippen LogP contribution in [-0.2, 0) is 11.3 Å². The minimum Gasteiger partial charge on any atom is -0.487 e. The summed E-state index contributed by atoms with van der Waals surface area (Å²) in [5, 5.41) is 15.6. The van der Waals surface area contributed by atoms with E-state index in [1.54, 1.807) is 24.3 Å². The summed E-state index contributed by atoms with van der Waals surface area (Å²) in [4.78, 5) is 10.2. The molecule has 90 valence electrons. The molecule has 0 saturated heterocycles. The molecular formula is C10H11N3O3S. The van der Waals surface area contributed by atoms with Crippen molar-refractivity contribution in [3.8, 4) is 6.07 Å². The van der Waals surface area contributed by atoms with Crippen LogP contribution in [0.4, 0.5) is 4.79 Å². The van der Waals surface area contributed by atoms with E-state index in [0.29, 0.717) is 5.56 Å². The topological polar surface area (TPSA) is 122 Å². The Morgan fingerprint density at radius 2 is 1.88 bits per heavy atom. The first kappa shape index (κ1) is 14.7. The molecule has 1 aromatic carbocycles. The minimum atomic E-state index is -0.802. The molecule has 0 aliphatic rings. The van der Waals surface area contributed by atoms with Crippen molar-refractivity contribution in [2.45, 2.75) is 6.61 Å². The summed E-state index contributed by atoms with van der Waals surface area (Å²) in [6, 6.07) is 8.71. The van der Waals surface area contributed by atoms with Gasteiger partial charge in [0.2, 0.25) is 0 Å². The second-order valence-electron chi connectivity index (χ2n) is 2.75. The molecular weight excluding hydrogens is 242 g/mol. The van der Waals surface area contributed by atoms with Crippen molar-refractivity contribution in [2.75, 3.05) is 0 Å². The fraction of sp³-hybridized carbons (Fsp3) is 0.100. The number of carbonyl (C=O) groups is 1. The van der Waals surface area contributed by atoms with Crippen LogP contribution in [0.3, 0.4) is 0 Å². The largest absolute Gasteiger partial charge is 0.487 e. The molecule has 7 heteroatoms. The average Bonchev–Trinajstić information content (AvgIpc) is 2.26. The summed E-state index contributed by atoms with van der Waals surface area (Å²) in [5.41, 5.74) is 10.6. The van der Waals surface area contributed by atoms with E-state index in [1.165, 1.54) is 0 Å². The van der Waals surface area contributed by atoms with Gasteiger partial charge in [0.25, 0.3) is 5.17 Å². The summed E-state index contributed by atoms with van der Waals surface area (Å²) < 4.78 is 4.56. The van der Waals surface area contributed by atoms with Crippen LogP contribution in [0.2, 0.25) is 0 Å². The molecule has 0 aliphatic heterocycles. The van der Waals surface area contributed by atoms with Gasteiger partial charge in [-0.25, -0.2) is 4.79 Å². The molecule has 6 nitrogen and oxygen atoms in total. The summed E-state index contributed by atoms with van der Waals surface area (Å²) in [7, 11) is 0. The lowest BCUT2D eigenvalue weighted by molar-refractivity contribution is 0.150. The highest BCUT2D eigenvalue weighted by atomic mass is 32.1. The van der Waals surface area contributed by atoms with Gasteiger partial charge < -0.3 is 21.3 Å². The fourth-order valence-electron chi connectivity index (χ4n) is 0.830. The molecule has 1 aromatic rings. The molecule has 1 rings (SSSR count). The van der Waals surface area contributed by atoms with E-state index in [-0.39, 0.29) is 6.61 Å². The van der Waals surface area contributed by atoms with Crippen molar-refractivity contribution in [3.63, 3.8) is 0 Å². The number of hydrogen-bond donors (Lipinski definition) is 3. The Hall–Kier alpha value is -2.33. The van der Waals surface area contributed by atoms with Gasteiger partial charge in [-0.2, -0.15) is 5.26 Å². The van der Waals surface area contributed by atoms with E-state index in [9.17, 15) is 4.79 Å². The molecule has 0 aromatic heterocycles. The zero-order valence-corrected chi connectivity index (χ0v) is 9.61. The zero-order chi connectivity index (χ0) is 13.3. The van der Waals surface area contributed by atoms with E-state index in [1.807, 2.05) is 6.07 Å². The zero-order valence-electron chi connectivity index (χ0n) is 8.79. The molecule has 0 fully saturated rings. The Labute approximate surface area is 103 Å². The molecule has 5 N–H and O–H groups in total. The lowest BCUT2D eigenvalue weighted by atomic mass is 10.2. The summed E-state index contributed by atoms with van der Waals surface area (Å²) in [6.45, 7) is 0.140. The Bertz CT molecular complexity index is 421. The number of aliphatic hydroxyl groups excluding tert-OH is 1. The number of nitrogens with two attached hydrogens (primary N) is 2. The van der Waals surface area contributed by atoms with Crippen LogP contribution in [0.25, 0.3) is 0 Å². The van der Waals surface area contributed by atoms with Crippen LogP contribution in [-0.4, -0.2) is 16.4 Å². The number of benzene rings is 1. The van der Waals surface area contributed by atoms with Gasteiger partial charge in [-0.1, -0.05) is 12.1 Å². The maximum atomic E-state index is 10.2. The third-order valence-electron chi connectivity index (χ3n) is 1.46. The van der Waals surface area contributed by atoms with Crippen molar-refractivity contribution in [1.82, 2.24) is 0 Å². The third kappa shape index (κ3) is 8.65. The number of ether oxygens (including phenoxy) is 1. The predicted molar refractivity (Wildman–Crippen MR) is 64.9 cm³/mol. The lowest BCUT2D eigenvalue weighted by Crippen LogP contribution is -2.12. The molecule has 0 heterocycles. The molecule has 0 atom stereocenters. The second-order valence-corrected chi connectivity index (χ2v) is 3.17. The van der Waals surface area contributed by atoms with Crippen LogP contribution in [0.1, 0.15) is 11.1 Å². The fourth-order valence-corrected chi connectivity index (χ4v) is 0.830. The third-order valence-corrected chi connectivity index (χ3v) is 1.46. The summed E-state index contributed by atoms with van der Waals surface area (Å²) in [6.07, 6.45) is -0.802. The van der Waals surface area contributed by atoms with E-state index in [0.717, 1.165) is 5.56 Å². The number of amides is 1. The number of aliphatic hydroxyl groups is 1. The summed E-state index contributed by atoms with van der Waals surface area (Å²) >= 11 is 3.87. The van der Waals surface area contributed by atoms with Crippen LogP contribution in [0, 0.1) is 11.3 Å². The van der Waals surface area contributed by atoms with E-state index in [4.69, 9.17) is 16.1 Å². The minimum absolute atomic E-state index is 0.140. The Morgan fingerprint density at radius 3 is 2.24 bits per heavy atom. The maximum Gasteiger partial charge on any atom is 0.404 e. The Morgan fingerprint density at radius 1 is 1.41 bits per heavy atom. The molecule has 17 heavy (non-hydrogen) atoms. The number of carbonyl (C=O) groups excluding carboxylic acids is 1. The smallest absolute Gasteiger partial charge is 0.404 e. The van der Waals surface area contributed by atoms with Gasteiger partial charge >= 0.3 is 6.09 Å². The van der Waals surface area contributed by atoms with E-state index < -0.39 is 11.3 Å². The number of nitrogens with zero attached hydrogens (tertiary/aromatic N) is 1. The van der Waals surface area contributed by atoms with Crippen LogP contribution < -0.4 is 11.5 Å². The van der Waals surface area contributed by atoms with Gasteiger partial charge in [0.05, 0.1) is 11.6 Å². The van der Waals surface area contributed by atoms with Gasteiger partial charge in [-0.05, 0) is 29.9 Å². The number of hydrogen-bond acceptors (Lipinski definition) is 4. The molecule has 0 aliphatic carbocycles. The number of nitriles is 1. The monoisotopic (exact) mass is 253 g/mol. The van der Waals surface area contributed by atoms with E-state index in [2.05, 4.69) is 22.7 Å². The average molecular weight is 253 g/mol. The molecule has 0 saturated carbocycles. The number of rotatable bonds is 2. The normalized spacial score (nSPS) is 8.18. The maximum absolute atomic E-state index is 10.2. The lowest BCUT2D eigenvalue weighted by Gasteiger charge is -2.00. The number of thiocarbonyl (C=S) groups is 1. The van der Waals surface area contributed by atoms with Crippen molar-refractivity contribution in [1.29, 1.82) is 5.26 Å². The highest BCUT2D eigenvalue weighted by Crippen LogP contribution is 2.04. The molecule has 0 unspecified atom stereocenters. The van der Waals surface area contributed by atoms with Gasteiger partial charge in [0, 0.05) is 0 Å². The first-order chi connectivity index (χ1) is 7.95. The molecule has 0 bridgehead atoms. The summed E-state index contributed by atoms with van der Waals surface area (Å²) in [5.74, 6) is 0. The van der Waals surface area contributed by atoms with Gasteiger partial charge in [0.1, 0.15) is 6.61 Å². The standard InChI is InChI=1S/C9H8N2O2.CH3NOS/c10-5-7-1-3-8(4-2-7)6-13-9(11)12;2-1(3)4/h1-4H,6H2,(H2,11,12);(H3,2,3,4). The van der Waals surface area contributed by atoms with E-state index >= 15 is 0 Å². The highest BCUT2D eigenvalue weighted by Gasteiger charge is 1.96. The van der Waals surface area contributed by atoms with Crippen molar-refractivity contribution in [2.24, 2.45) is 11.5 Å². The van der Waals surface area contributed by atoms with Crippen LogP contribution in [0.15, 0.2) is 24.3 Å². The SMILES string of the molecule is N#Cc1ccc(COC(N)=O)cc1.NC(O)=S. The molecule has 0 radical (unpaired) electrons. The van der Waals surface area contributed by atoms with Crippen molar-refractivity contribution in [3.05, 3.63) is 35.4 Å². The first-order valence-electron chi connectivity index (χ1n) is 4.35. The van der Waals surface area contributed by atoms with Gasteiger partial charge in [-0.15, -0.1) is 0 Å². The highest BCUT2D eigenvalue weighted by molar-refractivity contribution is 7.79. The first-order valence-corrected chi connectivity index (χ1v) is 4.76. The Kier molecular flexibility index (Phi) is 6.81. The quantitative estimate of drug-likeness (QED) is 0.674. The predicted octanol–water partition coefficient (Wildman–Crippen LogP) is 0.942. The van der Waals surface area contributed by atoms with Crippen molar-refractivity contribution >= 4 is 23.5 Å². The van der Waals surface area contributed by atoms with Crippen molar-refractivity contribution < 1.29 is 14.6 Å². The molecule has 0 spiro atoms.